The van der Waals surface area contributed by atoms with Gasteiger partial charge in [-0.15, -0.1) is 11.3 Å². The summed E-state index contributed by atoms with van der Waals surface area (Å²) in [5, 5.41) is 5.86. The molecule has 2 aliphatic rings. The summed E-state index contributed by atoms with van der Waals surface area (Å²) in [5.41, 5.74) is 10.6. The lowest BCUT2D eigenvalue weighted by Gasteiger charge is -2.17. The minimum absolute atomic E-state index is 0.790. The van der Waals surface area contributed by atoms with Crippen LogP contribution in [-0.2, 0) is 19.6 Å². The van der Waals surface area contributed by atoms with Gasteiger partial charge in [-0.3, -0.25) is 14.8 Å². The van der Waals surface area contributed by atoms with Crippen LogP contribution in [0.4, 0.5) is 11.5 Å². The van der Waals surface area contributed by atoms with Crippen LogP contribution in [-0.4, -0.2) is 44.9 Å². The Bertz CT molecular complexity index is 1690. The van der Waals surface area contributed by atoms with E-state index in [2.05, 4.69) is 89.5 Å². The number of likely N-dealkylation sites (tertiary alicyclic amines) is 1. The first-order valence-corrected chi connectivity index (χ1v) is 15.0. The van der Waals surface area contributed by atoms with E-state index < -0.39 is 0 Å². The second-order valence-electron chi connectivity index (χ2n) is 11.2. The number of benzene rings is 2. The Morgan fingerprint density at radius 1 is 0.900 bits per heavy atom. The highest BCUT2D eigenvalue weighted by atomic mass is 32.1. The monoisotopic (exact) mass is 546 g/mol. The van der Waals surface area contributed by atoms with Crippen molar-refractivity contribution in [2.75, 3.05) is 25.5 Å². The number of anilines is 2. The van der Waals surface area contributed by atoms with Gasteiger partial charge in [-0.25, -0.2) is 9.97 Å². The highest BCUT2D eigenvalue weighted by molar-refractivity contribution is 7.15. The first kappa shape index (κ1) is 25.3. The molecule has 2 aromatic carbocycles. The number of aromatic nitrogens is 3. The predicted molar refractivity (Wildman–Crippen MR) is 165 cm³/mol. The van der Waals surface area contributed by atoms with Gasteiger partial charge < -0.3 is 5.32 Å². The van der Waals surface area contributed by atoms with E-state index in [9.17, 15) is 0 Å². The SMILES string of the molecule is Cc1c(Nc2nccc3cc(CN4CCCC4)cnc23)cccc1-c1cccc(-c2nc3c(s2)CN(C)C3)c1C. The number of hydrogen-bond acceptors (Lipinski definition) is 7. The Balaban J connectivity index is 1.19. The van der Waals surface area contributed by atoms with Crippen molar-refractivity contribution in [1.82, 2.24) is 24.8 Å². The van der Waals surface area contributed by atoms with Gasteiger partial charge in [0.2, 0.25) is 0 Å². The summed E-state index contributed by atoms with van der Waals surface area (Å²) in [6.07, 6.45) is 6.48. The third-order valence-corrected chi connectivity index (χ3v) is 9.43. The lowest BCUT2D eigenvalue weighted by Crippen LogP contribution is -2.18. The van der Waals surface area contributed by atoms with Gasteiger partial charge in [-0.05, 0) is 92.8 Å². The molecule has 40 heavy (non-hydrogen) atoms. The molecule has 202 valence electrons. The van der Waals surface area contributed by atoms with Gasteiger partial charge >= 0.3 is 0 Å². The van der Waals surface area contributed by atoms with E-state index in [0.29, 0.717) is 0 Å². The fourth-order valence-electron chi connectivity index (χ4n) is 6.13. The van der Waals surface area contributed by atoms with E-state index in [0.717, 1.165) is 47.1 Å². The van der Waals surface area contributed by atoms with Crippen LogP contribution in [0.1, 0.15) is 40.1 Å². The molecule has 7 rings (SSSR count). The van der Waals surface area contributed by atoms with Crippen LogP contribution in [0.15, 0.2) is 60.9 Å². The van der Waals surface area contributed by atoms with Gasteiger partial charge in [0.05, 0.1) is 5.69 Å². The van der Waals surface area contributed by atoms with Crippen LogP contribution in [0, 0.1) is 13.8 Å². The number of hydrogen-bond donors (Lipinski definition) is 1. The van der Waals surface area contributed by atoms with Gasteiger partial charge in [0, 0.05) is 53.5 Å². The van der Waals surface area contributed by atoms with Crippen molar-refractivity contribution in [3.63, 3.8) is 0 Å². The minimum atomic E-state index is 0.790. The maximum atomic E-state index is 5.01. The number of nitrogens with one attached hydrogen (secondary N) is 1. The van der Waals surface area contributed by atoms with Gasteiger partial charge in [-0.2, -0.15) is 0 Å². The number of fused-ring (bicyclic) bond motifs is 2. The Labute approximate surface area is 239 Å². The lowest BCUT2D eigenvalue weighted by molar-refractivity contribution is 0.331. The van der Waals surface area contributed by atoms with Crippen molar-refractivity contribution < 1.29 is 0 Å². The molecule has 7 heteroatoms. The first-order chi connectivity index (χ1) is 19.5. The zero-order valence-corrected chi connectivity index (χ0v) is 24.2. The lowest BCUT2D eigenvalue weighted by atomic mass is 9.93. The third kappa shape index (κ3) is 4.68. The van der Waals surface area contributed by atoms with Gasteiger partial charge in [-0.1, -0.05) is 30.3 Å². The second-order valence-corrected chi connectivity index (χ2v) is 12.3. The van der Waals surface area contributed by atoms with Crippen molar-refractivity contribution in [2.45, 2.75) is 46.3 Å². The molecule has 0 atom stereocenters. The minimum Gasteiger partial charge on any atom is -0.338 e. The van der Waals surface area contributed by atoms with Crippen LogP contribution in [0.3, 0.4) is 0 Å². The van der Waals surface area contributed by atoms with Crippen LogP contribution in [0.5, 0.6) is 0 Å². The zero-order valence-electron chi connectivity index (χ0n) is 23.4. The molecule has 3 aromatic heterocycles. The summed E-state index contributed by atoms with van der Waals surface area (Å²) in [4.78, 5) is 20.8. The van der Waals surface area contributed by atoms with Crippen molar-refractivity contribution >= 4 is 33.7 Å². The Kier molecular flexibility index (Phi) is 6.58. The smallest absolute Gasteiger partial charge is 0.156 e. The topological polar surface area (TPSA) is 57.2 Å². The van der Waals surface area contributed by atoms with Gasteiger partial charge in [0.15, 0.2) is 5.82 Å². The van der Waals surface area contributed by atoms with Crippen LogP contribution < -0.4 is 5.32 Å². The van der Waals surface area contributed by atoms with Crippen molar-refractivity contribution in [2.24, 2.45) is 0 Å². The van der Waals surface area contributed by atoms with Crippen molar-refractivity contribution in [1.29, 1.82) is 0 Å². The third-order valence-electron chi connectivity index (χ3n) is 8.31. The Hall–Kier alpha value is -3.65. The molecule has 0 spiro atoms. The van der Waals surface area contributed by atoms with Crippen molar-refractivity contribution in [3.05, 3.63) is 88.2 Å². The maximum Gasteiger partial charge on any atom is 0.156 e. The second kappa shape index (κ2) is 10.4. The van der Waals surface area contributed by atoms with E-state index in [1.165, 1.54) is 69.9 Å². The number of pyridine rings is 2. The standard InChI is InChI=1S/C33H34N6S/c1-21-25(8-6-10-27(21)33-37-29-19-38(3)20-30(29)40-33)26-9-7-11-28(22(26)2)36-32-31-24(12-13-34-32)16-23(17-35-31)18-39-14-4-5-15-39/h6-13,16-17H,4-5,14-15,18-20H2,1-3H3,(H,34,36). The van der Waals surface area contributed by atoms with E-state index in [-0.39, 0.29) is 0 Å². The molecular formula is C33H34N6S. The average Bonchev–Trinajstić information content (AvgIpc) is 3.67. The highest BCUT2D eigenvalue weighted by Gasteiger charge is 2.23. The molecule has 0 aliphatic carbocycles. The summed E-state index contributed by atoms with van der Waals surface area (Å²) in [7, 11) is 2.15. The van der Waals surface area contributed by atoms with E-state index in [4.69, 9.17) is 9.97 Å². The summed E-state index contributed by atoms with van der Waals surface area (Å²) in [5.74, 6) is 0.790. The molecule has 5 aromatic rings. The van der Waals surface area contributed by atoms with Crippen molar-refractivity contribution in [3.8, 4) is 21.7 Å². The fourth-order valence-corrected chi connectivity index (χ4v) is 7.37. The van der Waals surface area contributed by atoms with Gasteiger partial charge in [0.25, 0.3) is 0 Å². The average molecular weight is 547 g/mol. The number of nitrogens with zero attached hydrogens (tertiary/aromatic N) is 5. The Morgan fingerprint density at radius 2 is 1.68 bits per heavy atom. The molecule has 0 saturated carbocycles. The molecule has 0 amide bonds. The zero-order chi connectivity index (χ0) is 27.2. The molecule has 1 saturated heterocycles. The molecule has 0 bridgehead atoms. The molecule has 5 heterocycles. The highest BCUT2D eigenvalue weighted by Crippen LogP contribution is 2.39. The maximum absolute atomic E-state index is 5.01. The number of rotatable bonds is 6. The molecule has 6 nitrogen and oxygen atoms in total. The van der Waals surface area contributed by atoms with Crippen LogP contribution in [0.2, 0.25) is 0 Å². The molecule has 1 fully saturated rings. The molecule has 0 radical (unpaired) electrons. The van der Waals surface area contributed by atoms with Crippen LogP contribution in [0.25, 0.3) is 32.6 Å². The van der Waals surface area contributed by atoms with E-state index in [1.807, 2.05) is 23.7 Å². The number of thiazole rings is 1. The molecule has 0 unspecified atom stereocenters. The van der Waals surface area contributed by atoms with E-state index >= 15 is 0 Å². The molecular weight excluding hydrogens is 512 g/mol. The largest absolute Gasteiger partial charge is 0.338 e. The molecule has 2 aliphatic heterocycles. The normalized spacial score (nSPS) is 15.7. The quantitative estimate of drug-likeness (QED) is 0.241. The summed E-state index contributed by atoms with van der Waals surface area (Å²) in [6.45, 7) is 9.67. The van der Waals surface area contributed by atoms with Gasteiger partial charge in [0.1, 0.15) is 10.5 Å². The predicted octanol–water partition coefficient (Wildman–Crippen LogP) is 7.32. The summed E-state index contributed by atoms with van der Waals surface area (Å²) < 4.78 is 0. The summed E-state index contributed by atoms with van der Waals surface area (Å²) >= 11 is 1.83. The first-order valence-electron chi connectivity index (χ1n) is 14.1. The Morgan fingerprint density at radius 3 is 2.50 bits per heavy atom. The fraction of sp³-hybridized carbons (Fsp3) is 0.303. The summed E-state index contributed by atoms with van der Waals surface area (Å²) in [6, 6.07) is 17.4. The molecule has 1 N–H and O–H groups in total. The van der Waals surface area contributed by atoms with Crippen LogP contribution >= 0.6 is 11.3 Å². The van der Waals surface area contributed by atoms with E-state index in [1.54, 1.807) is 0 Å².